The molecule has 1 N–H and O–H groups in total. The minimum atomic E-state index is -0.0482. The smallest absolute Gasteiger partial charge is 0.251 e. The highest BCUT2D eigenvalue weighted by Gasteiger charge is 2.11. The molecule has 0 bridgehead atoms. The molecule has 1 heterocycles. The van der Waals surface area contributed by atoms with Crippen LogP contribution in [0.4, 0.5) is 0 Å². The van der Waals surface area contributed by atoms with E-state index in [4.69, 9.17) is 0 Å². The SMILES string of the molecule is Cc1cccc(CNC(=O)c2ccc3nc(C(C)C)sc3c2)c1. The van der Waals surface area contributed by atoms with E-state index in [0.717, 1.165) is 20.8 Å². The Bertz CT molecular complexity index is 851. The molecule has 0 unspecified atom stereocenters. The number of aryl methyl sites for hydroxylation is 1. The van der Waals surface area contributed by atoms with Crippen molar-refractivity contribution in [3.05, 3.63) is 64.2 Å². The second-order valence-electron chi connectivity index (χ2n) is 6.06. The fourth-order valence-corrected chi connectivity index (χ4v) is 3.45. The van der Waals surface area contributed by atoms with Gasteiger partial charge in [0.25, 0.3) is 5.91 Å². The van der Waals surface area contributed by atoms with E-state index < -0.39 is 0 Å². The molecule has 0 saturated carbocycles. The van der Waals surface area contributed by atoms with Crippen molar-refractivity contribution in [1.29, 1.82) is 0 Å². The van der Waals surface area contributed by atoms with Gasteiger partial charge in [0, 0.05) is 18.0 Å². The maximum Gasteiger partial charge on any atom is 0.251 e. The van der Waals surface area contributed by atoms with Gasteiger partial charge in [-0.3, -0.25) is 4.79 Å². The van der Waals surface area contributed by atoms with Crippen molar-refractivity contribution < 1.29 is 4.79 Å². The first kappa shape index (κ1) is 15.7. The number of hydrogen-bond acceptors (Lipinski definition) is 3. The number of rotatable bonds is 4. The van der Waals surface area contributed by atoms with Gasteiger partial charge in [0.05, 0.1) is 15.2 Å². The maximum atomic E-state index is 12.4. The number of amides is 1. The molecular formula is C19H20N2OS. The van der Waals surface area contributed by atoms with Crippen LogP contribution in [0.2, 0.25) is 0 Å². The standard InChI is InChI=1S/C19H20N2OS/c1-12(2)19-21-16-8-7-15(10-17(16)23-19)18(22)20-11-14-6-4-5-13(3)9-14/h4-10,12H,11H2,1-3H3,(H,20,22). The molecule has 0 aliphatic heterocycles. The van der Waals surface area contributed by atoms with Crippen LogP contribution in [0.3, 0.4) is 0 Å². The van der Waals surface area contributed by atoms with Crippen molar-refractivity contribution in [2.75, 3.05) is 0 Å². The Morgan fingerprint density at radius 1 is 1.22 bits per heavy atom. The van der Waals surface area contributed by atoms with E-state index in [-0.39, 0.29) is 5.91 Å². The summed E-state index contributed by atoms with van der Waals surface area (Å²) in [5.41, 5.74) is 3.96. The number of thiazole rings is 1. The average Bonchev–Trinajstić information content (AvgIpc) is 2.96. The molecule has 1 aromatic heterocycles. The van der Waals surface area contributed by atoms with Crippen LogP contribution in [0.5, 0.6) is 0 Å². The molecule has 0 atom stereocenters. The predicted molar refractivity (Wildman–Crippen MR) is 96.1 cm³/mol. The number of nitrogens with zero attached hydrogens (tertiary/aromatic N) is 1. The van der Waals surface area contributed by atoms with E-state index in [2.05, 4.69) is 43.2 Å². The third-order valence-electron chi connectivity index (χ3n) is 3.70. The fourth-order valence-electron chi connectivity index (χ4n) is 2.44. The van der Waals surface area contributed by atoms with Crippen LogP contribution < -0.4 is 5.32 Å². The quantitative estimate of drug-likeness (QED) is 0.758. The lowest BCUT2D eigenvalue weighted by atomic mass is 10.1. The molecule has 0 aliphatic rings. The van der Waals surface area contributed by atoms with Crippen LogP contribution in [0.25, 0.3) is 10.2 Å². The molecule has 3 aromatic rings. The Hall–Kier alpha value is -2.20. The first-order chi connectivity index (χ1) is 11.0. The first-order valence-corrected chi connectivity index (χ1v) is 8.59. The molecule has 0 radical (unpaired) electrons. The van der Waals surface area contributed by atoms with E-state index in [1.165, 1.54) is 5.56 Å². The molecule has 1 amide bonds. The van der Waals surface area contributed by atoms with Gasteiger partial charge in [0.2, 0.25) is 0 Å². The zero-order valence-corrected chi connectivity index (χ0v) is 14.4. The molecule has 0 spiro atoms. The molecule has 2 aromatic carbocycles. The summed E-state index contributed by atoms with van der Waals surface area (Å²) < 4.78 is 1.07. The number of fused-ring (bicyclic) bond motifs is 1. The maximum absolute atomic E-state index is 12.4. The van der Waals surface area contributed by atoms with Gasteiger partial charge in [0.1, 0.15) is 0 Å². The molecule has 0 fully saturated rings. The van der Waals surface area contributed by atoms with Crippen molar-refractivity contribution in [2.24, 2.45) is 0 Å². The highest BCUT2D eigenvalue weighted by atomic mass is 32.1. The summed E-state index contributed by atoms with van der Waals surface area (Å²) in [4.78, 5) is 17.0. The molecule has 3 nitrogen and oxygen atoms in total. The average molecular weight is 324 g/mol. The zero-order valence-electron chi connectivity index (χ0n) is 13.6. The highest BCUT2D eigenvalue weighted by Crippen LogP contribution is 2.27. The summed E-state index contributed by atoms with van der Waals surface area (Å²) in [7, 11) is 0. The van der Waals surface area contributed by atoms with Crippen LogP contribution in [0.15, 0.2) is 42.5 Å². The summed E-state index contributed by atoms with van der Waals surface area (Å²) in [6, 6.07) is 13.9. The van der Waals surface area contributed by atoms with Crippen LogP contribution in [0.1, 0.15) is 46.3 Å². The van der Waals surface area contributed by atoms with Gasteiger partial charge in [-0.2, -0.15) is 0 Å². The zero-order chi connectivity index (χ0) is 16.4. The van der Waals surface area contributed by atoms with Crippen LogP contribution in [-0.4, -0.2) is 10.9 Å². The molecular weight excluding hydrogens is 304 g/mol. The summed E-state index contributed by atoms with van der Waals surface area (Å²) in [6.45, 7) is 6.86. The lowest BCUT2D eigenvalue weighted by molar-refractivity contribution is 0.0951. The van der Waals surface area contributed by atoms with Crippen molar-refractivity contribution in [3.8, 4) is 0 Å². The molecule has 3 rings (SSSR count). The molecule has 0 aliphatic carbocycles. The van der Waals surface area contributed by atoms with Crippen LogP contribution >= 0.6 is 11.3 Å². The first-order valence-electron chi connectivity index (χ1n) is 7.77. The highest BCUT2D eigenvalue weighted by molar-refractivity contribution is 7.18. The second kappa shape index (κ2) is 6.50. The van der Waals surface area contributed by atoms with E-state index in [1.54, 1.807) is 11.3 Å². The Morgan fingerprint density at radius 2 is 2.04 bits per heavy atom. The van der Waals surface area contributed by atoms with E-state index in [1.807, 2.05) is 30.3 Å². The predicted octanol–water partition coefficient (Wildman–Crippen LogP) is 4.66. The van der Waals surface area contributed by atoms with E-state index >= 15 is 0 Å². The fraction of sp³-hybridized carbons (Fsp3) is 0.263. The van der Waals surface area contributed by atoms with Gasteiger partial charge in [-0.15, -0.1) is 11.3 Å². The number of hydrogen-bond donors (Lipinski definition) is 1. The number of aromatic nitrogens is 1. The van der Waals surface area contributed by atoms with Crippen molar-refractivity contribution in [3.63, 3.8) is 0 Å². The number of benzene rings is 2. The van der Waals surface area contributed by atoms with Crippen LogP contribution in [-0.2, 0) is 6.54 Å². The lowest BCUT2D eigenvalue weighted by Crippen LogP contribution is -2.22. The van der Waals surface area contributed by atoms with Gasteiger partial charge >= 0.3 is 0 Å². The molecule has 23 heavy (non-hydrogen) atoms. The topological polar surface area (TPSA) is 42.0 Å². The summed E-state index contributed by atoms with van der Waals surface area (Å²) in [6.07, 6.45) is 0. The minimum absolute atomic E-state index is 0.0482. The number of nitrogens with one attached hydrogen (secondary N) is 1. The Balaban J connectivity index is 1.75. The minimum Gasteiger partial charge on any atom is -0.348 e. The molecule has 0 saturated heterocycles. The van der Waals surface area contributed by atoms with Gasteiger partial charge in [-0.05, 0) is 30.7 Å². The number of carbonyl (C=O) groups excluding carboxylic acids is 1. The second-order valence-corrected chi connectivity index (χ2v) is 7.12. The third-order valence-corrected chi connectivity index (χ3v) is 5.02. The Kier molecular flexibility index (Phi) is 4.44. The van der Waals surface area contributed by atoms with Crippen molar-refractivity contribution >= 4 is 27.5 Å². The third kappa shape index (κ3) is 3.59. The van der Waals surface area contributed by atoms with Gasteiger partial charge in [-0.25, -0.2) is 4.98 Å². The van der Waals surface area contributed by atoms with E-state index in [9.17, 15) is 4.79 Å². The normalized spacial score (nSPS) is 11.1. The summed E-state index contributed by atoms with van der Waals surface area (Å²) in [5, 5.41) is 4.09. The summed E-state index contributed by atoms with van der Waals surface area (Å²) >= 11 is 1.66. The molecule has 4 heteroatoms. The number of carbonyl (C=O) groups is 1. The van der Waals surface area contributed by atoms with Crippen molar-refractivity contribution in [1.82, 2.24) is 10.3 Å². The van der Waals surface area contributed by atoms with Gasteiger partial charge in [0.15, 0.2) is 0 Å². The van der Waals surface area contributed by atoms with Gasteiger partial charge < -0.3 is 5.32 Å². The summed E-state index contributed by atoms with van der Waals surface area (Å²) in [5.74, 6) is 0.360. The molecule has 118 valence electrons. The lowest BCUT2D eigenvalue weighted by Gasteiger charge is -2.06. The van der Waals surface area contributed by atoms with Gasteiger partial charge in [-0.1, -0.05) is 43.7 Å². The van der Waals surface area contributed by atoms with Crippen molar-refractivity contribution in [2.45, 2.75) is 33.2 Å². The Morgan fingerprint density at radius 3 is 2.78 bits per heavy atom. The Labute approximate surface area is 140 Å². The monoisotopic (exact) mass is 324 g/mol. The van der Waals surface area contributed by atoms with E-state index in [0.29, 0.717) is 18.0 Å². The van der Waals surface area contributed by atoms with Crippen LogP contribution in [0, 0.1) is 6.92 Å². The largest absolute Gasteiger partial charge is 0.348 e.